The van der Waals surface area contributed by atoms with Gasteiger partial charge < -0.3 is 0 Å². The lowest BCUT2D eigenvalue weighted by Gasteiger charge is -2.06. The van der Waals surface area contributed by atoms with Gasteiger partial charge in [-0.1, -0.05) is 0 Å². The SMILES string of the molecule is CNNNC(C)C. The molecule has 0 amide bonds. The summed E-state index contributed by atoms with van der Waals surface area (Å²) < 4.78 is 0. The van der Waals surface area contributed by atoms with E-state index < -0.39 is 0 Å². The van der Waals surface area contributed by atoms with Crippen LogP contribution >= 0.6 is 0 Å². The van der Waals surface area contributed by atoms with E-state index >= 15 is 0 Å². The van der Waals surface area contributed by atoms with Crippen molar-refractivity contribution in [3.63, 3.8) is 0 Å². The molecular weight excluding hydrogens is 90.1 g/mol. The van der Waals surface area contributed by atoms with Crippen LogP contribution in [0.15, 0.2) is 0 Å². The third-order valence-corrected chi connectivity index (χ3v) is 0.486. The van der Waals surface area contributed by atoms with Crippen LogP contribution in [-0.2, 0) is 0 Å². The average Bonchev–Trinajstić information content (AvgIpc) is 1.61. The molecule has 7 heavy (non-hydrogen) atoms. The number of hydrogen-bond donors (Lipinski definition) is 3. The van der Waals surface area contributed by atoms with E-state index in [0.29, 0.717) is 6.04 Å². The Labute approximate surface area is 44.4 Å². The molecule has 0 aliphatic heterocycles. The third kappa shape index (κ3) is 5.88. The van der Waals surface area contributed by atoms with Crippen LogP contribution in [0.5, 0.6) is 0 Å². The van der Waals surface area contributed by atoms with Gasteiger partial charge in [-0.15, -0.1) is 0 Å². The van der Waals surface area contributed by atoms with Crippen LogP contribution in [0.25, 0.3) is 0 Å². The lowest BCUT2D eigenvalue weighted by Crippen LogP contribution is -2.44. The zero-order chi connectivity index (χ0) is 5.70. The van der Waals surface area contributed by atoms with Crippen molar-refractivity contribution in [1.29, 1.82) is 0 Å². The minimum Gasteiger partial charge on any atom is -0.247 e. The number of hydrazine groups is 2. The zero-order valence-corrected chi connectivity index (χ0v) is 5.08. The first-order valence-electron chi connectivity index (χ1n) is 2.44. The van der Waals surface area contributed by atoms with Crippen molar-refractivity contribution < 1.29 is 0 Å². The minimum absolute atomic E-state index is 0.479. The smallest absolute Gasteiger partial charge is 0.0169 e. The maximum atomic E-state index is 2.93. The van der Waals surface area contributed by atoms with Gasteiger partial charge >= 0.3 is 0 Å². The molecule has 0 aliphatic carbocycles. The average molecular weight is 103 g/mol. The Hall–Kier alpha value is -0.120. The normalized spacial score (nSPS) is 10.3. The molecule has 0 unspecified atom stereocenters. The summed E-state index contributed by atoms with van der Waals surface area (Å²) in [7, 11) is 1.81. The van der Waals surface area contributed by atoms with Crippen molar-refractivity contribution >= 4 is 0 Å². The maximum Gasteiger partial charge on any atom is 0.0169 e. The predicted molar refractivity (Wildman–Crippen MR) is 30.5 cm³/mol. The summed E-state index contributed by atoms with van der Waals surface area (Å²) in [4.78, 5) is 0. The van der Waals surface area contributed by atoms with E-state index in [1.54, 1.807) is 0 Å². The fraction of sp³-hybridized carbons (Fsp3) is 1.00. The van der Waals surface area contributed by atoms with Crippen LogP contribution in [0.3, 0.4) is 0 Å². The van der Waals surface area contributed by atoms with E-state index in [0.717, 1.165) is 0 Å². The van der Waals surface area contributed by atoms with Crippen LogP contribution in [-0.4, -0.2) is 13.1 Å². The van der Waals surface area contributed by atoms with Gasteiger partial charge in [-0.2, -0.15) is 5.53 Å². The van der Waals surface area contributed by atoms with Crippen molar-refractivity contribution in [2.75, 3.05) is 7.05 Å². The monoisotopic (exact) mass is 103 g/mol. The Morgan fingerprint density at radius 3 is 2.00 bits per heavy atom. The van der Waals surface area contributed by atoms with Gasteiger partial charge in [-0.3, -0.25) is 0 Å². The summed E-state index contributed by atoms with van der Waals surface area (Å²) >= 11 is 0. The van der Waals surface area contributed by atoms with E-state index in [2.05, 4.69) is 30.2 Å². The molecule has 0 spiro atoms. The van der Waals surface area contributed by atoms with Gasteiger partial charge in [0.05, 0.1) is 0 Å². The largest absolute Gasteiger partial charge is 0.247 e. The highest BCUT2D eigenvalue weighted by Crippen LogP contribution is 1.66. The molecule has 0 saturated carbocycles. The molecule has 0 heterocycles. The molecule has 0 aliphatic rings. The first kappa shape index (κ1) is 6.88. The van der Waals surface area contributed by atoms with Gasteiger partial charge in [-0.25, -0.2) is 10.9 Å². The van der Waals surface area contributed by atoms with Crippen LogP contribution in [0.1, 0.15) is 13.8 Å². The van der Waals surface area contributed by atoms with Crippen molar-refractivity contribution in [2.24, 2.45) is 0 Å². The number of hydrogen-bond acceptors (Lipinski definition) is 3. The first-order valence-corrected chi connectivity index (χ1v) is 2.44. The fourth-order valence-electron chi connectivity index (χ4n) is 0.217. The van der Waals surface area contributed by atoms with Crippen LogP contribution in [0.2, 0.25) is 0 Å². The molecule has 0 rings (SSSR count). The molecule has 0 fully saturated rings. The van der Waals surface area contributed by atoms with E-state index in [1.807, 2.05) is 7.05 Å². The van der Waals surface area contributed by atoms with Crippen LogP contribution < -0.4 is 16.4 Å². The van der Waals surface area contributed by atoms with Crippen molar-refractivity contribution in [2.45, 2.75) is 19.9 Å². The second-order valence-corrected chi connectivity index (χ2v) is 1.67. The lowest BCUT2D eigenvalue weighted by atomic mass is 10.4. The Morgan fingerprint density at radius 1 is 1.29 bits per heavy atom. The molecule has 0 atom stereocenters. The predicted octanol–water partition coefficient (Wildman–Crippen LogP) is -0.377. The quantitative estimate of drug-likeness (QED) is 0.426. The molecule has 0 aromatic carbocycles. The second kappa shape index (κ2) is 4.05. The fourth-order valence-corrected chi connectivity index (χ4v) is 0.217. The van der Waals surface area contributed by atoms with Crippen molar-refractivity contribution in [3.05, 3.63) is 0 Å². The molecule has 0 radical (unpaired) electrons. The van der Waals surface area contributed by atoms with Gasteiger partial charge in [0.25, 0.3) is 0 Å². The highest BCUT2D eigenvalue weighted by Gasteiger charge is 1.83. The molecule has 3 heteroatoms. The first-order chi connectivity index (χ1) is 3.27. The Bertz CT molecular complexity index is 35.9. The molecule has 0 aromatic rings. The van der Waals surface area contributed by atoms with Crippen LogP contribution in [0.4, 0.5) is 0 Å². The molecule has 0 aromatic heterocycles. The van der Waals surface area contributed by atoms with Crippen LogP contribution in [0, 0.1) is 0 Å². The summed E-state index contributed by atoms with van der Waals surface area (Å²) in [5.41, 5.74) is 8.42. The standard InChI is InChI=1S/C4H13N3/c1-4(2)6-7-5-3/h4-7H,1-3H3. The zero-order valence-electron chi connectivity index (χ0n) is 5.08. The van der Waals surface area contributed by atoms with E-state index in [-0.39, 0.29) is 0 Å². The number of nitrogens with one attached hydrogen (secondary N) is 3. The summed E-state index contributed by atoms with van der Waals surface area (Å²) in [6.07, 6.45) is 0. The Kier molecular flexibility index (Phi) is 3.98. The molecule has 0 saturated heterocycles. The van der Waals surface area contributed by atoms with E-state index in [9.17, 15) is 0 Å². The lowest BCUT2D eigenvalue weighted by molar-refractivity contribution is 0.424. The summed E-state index contributed by atoms with van der Waals surface area (Å²) in [5, 5.41) is 0. The molecule has 3 N–H and O–H groups in total. The van der Waals surface area contributed by atoms with Gasteiger partial charge in [0.15, 0.2) is 0 Å². The van der Waals surface area contributed by atoms with Crippen molar-refractivity contribution in [3.8, 4) is 0 Å². The van der Waals surface area contributed by atoms with Gasteiger partial charge in [0, 0.05) is 6.04 Å². The van der Waals surface area contributed by atoms with E-state index in [1.165, 1.54) is 0 Å². The Morgan fingerprint density at radius 2 is 1.86 bits per heavy atom. The second-order valence-electron chi connectivity index (χ2n) is 1.67. The topological polar surface area (TPSA) is 36.1 Å². The summed E-state index contributed by atoms with van der Waals surface area (Å²) in [5.74, 6) is 0. The van der Waals surface area contributed by atoms with E-state index in [4.69, 9.17) is 0 Å². The molecule has 0 bridgehead atoms. The summed E-state index contributed by atoms with van der Waals surface area (Å²) in [6.45, 7) is 4.12. The molecular formula is C4H13N3. The van der Waals surface area contributed by atoms with Gasteiger partial charge in [0.2, 0.25) is 0 Å². The summed E-state index contributed by atoms with van der Waals surface area (Å²) in [6, 6.07) is 0.479. The van der Waals surface area contributed by atoms with Gasteiger partial charge in [-0.05, 0) is 20.9 Å². The minimum atomic E-state index is 0.479. The van der Waals surface area contributed by atoms with Gasteiger partial charge in [0.1, 0.15) is 0 Å². The maximum absolute atomic E-state index is 2.93. The van der Waals surface area contributed by atoms with Crippen molar-refractivity contribution in [1.82, 2.24) is 16.4 Å². The third-order valence-electron chi connectivity index (χ3n) is 0.486. The highest BCUT2D eigenvalue weighted by atomic mass is 15.6. The molecule has 44 valence electrons. The molecule has 3 nitrogen and oxygen atoms in total. The Balaban J connectivity index is 2.68. The number of rotatable bonds is 3. The highest BCUT2D eigenvalue weighted by molar-refractivity contribution is 4.41.